The maximum absolute atomic E-state index is 12.0. The molecule has 1 amide bonds. The van der Waals surface area contributed by atoms with Gasteiger partial charge in [-0.25, -0.2) is 0 Å². The van der Waals surface area contributed by atoms with Crippen LogP contribution in [-0.4, -0.2) is 52.2 Å². The molecule has 94 valence electrons. The molecule has 3 unspecified atom stereocenters. The Morgan fingerprint density at radius 2 is 1.94 bits per heavy atom. The molecule has 5 heteroatoms. The zero-order valence-corrected chi connectivity index (χ0v) is 11.2. The molecule has 3 atom stereocenters. The number of likely N-dealkylation sites (tertiary alicyclic amines) is 1. The van der Waals surface area contributed by atoms with Crippen molar-refractivity contribution in [3.8, 4) is 0 Å². The first-order chi connectivity index (χ1) is 7.50. The average Bonchev–Trinajstić information content (AvgIpc) is 2.67. The van der Waals surface area contributed by atoms with E-state index in [1.807, 2.05) is 18.7 Å². The summed E-state index contributed by atoms with van der Waals surface area (Å²) in [5, 5.41) is 3.20. The Bertz CT molecular complexity index is 265. The summed E-state index contributed by atoms with van der Waals surface area (Å²) in [5.74, 6) is 0.767. The standard InChI is InChI=1S/C11H22N2O2S/c1-9(8-16(3)15)12-10(2)11(14)13-6-4-5-7-13/h9-10,12H,4-8H2,1-3H3. The van der Waals surface area contributed by atoms with Gasteiger partial charge in [-0.3, -0.25) is 9.00 Å². The van der Waals surface area contributed by atoms with Crippen molar-refractivity contribution in [1.29, 1.82) is 0 Å². The van der Waals surface area contributed by atoms with E-state index in [2.05, 4.69) is 5.32 Å². The van der Waals surface area contributed by atoms with Crippen LogP contribution in [0.3, 0.4) is 0 Å². The van der Waals surface area contributed by atoms with Gasteiger partial charge in [0.05, 0.1) is 6.04 Å². The number of nitrogens with zero attached hydrogens (tertiary/aromatic N) is 1. The summed E-state index contributed by atoms with van der Waals surface area (Å²) >= 11 is 0. The third-order valence-electron chi connectivity index (χ3n) is 2.81. The maximum atomic E-state index is 12.0. The van der Waals surface area contributed by atoms with Crippen LogP contribution < -0.4 is 5.32 Å². The van der Waals surface area contributed by atoms with E-state index in [1.54, 1.807) is 6.26 Å². The molecule has 1 N–H and O–H groups in total. The van der Waals surface area contributed by atoms with Crippen molar-refractivity contribution in [2.24, 2.45) is 0 Å². The van der Waals surface area contributed by atoms with Gasteiger partial charge in [0.25, 0.3) is 0 Å². The molecule has 0 spiro atoms. The zero-order valence-electron chi connectivity index (χ0n) is 10.4. The van der Waals surface area contributed by atoms with Crippen LogP contribution in [0, 0.1) is 0 Å². The second-order valence-corrected chi connectivity index (χ2v) is 6.04. The van der Waals surface area contributed by atoms with E-state index in [0.29, 0.717) is 5.75 Å². The largest absolute Gasteiger partial charge is 0.341 e. The molecular weight excluding hydrogens is 224 g/mol. The van der Waals surface area contributed by atoms with Crippen LogP contribution in [0.25, 0.3) is 0 Å². The quantitative estimate of drug-likeness (QED) is 0.762. The molecule has 0 saturated carbocycles. The molecule has 1 heterocycles. The van der Waals surface area contributed by atoms with Gasteiger partial charge < -0.3 is 10.2 Å². The van der Waals surface area contributed by atoms with Crippen LogP contribution in [0.4, 0.5) is 0 Å². The lowest BCUT2D eigenvalue weighted by atomic mass is 10.2. The number of nitrogens with one attached hydrogen (secondary N) is 1. The Kier molecular flexibility index (Phi) is 5.41. The van der Waals surface area contributed by atoms with E-state index in [4.69, 9.17) is 0 Å². The minimum absolute atomic E-state index is 0.118. The predicted molar refractivity (Wildman–Crippen MR) is 66.8 cm³/mol. The number of hydrogen-bond acceptors (Lipinski definition) is 3. The lowest BCUT2D eigenvalue weighted by Gasteiger charge is -2.23. The molecule has 4 nitrogen and oxygen atoms in total. The number of carbonyl (C=O) groups is 1. The van der Waals surface area contributed by atoms with E-state index in [1.165, 1.54) is 0 Å². The van der Waals surface area contributed by atoms with E-state index in [0.717, 1.165) is 25.9 Å². The first-order valence-corrected chi connectivity index (χ1v) is 7.58. The highest BCUT2D eigenvalue weighted by atomic mass is 32.2. The number of hydrogen-bond donors (Lipinski definition) is 1. The van der Waals surface area contributed by atoms with Gasteiger partial charge in [0.15, 0.2) is 0 Å². The molecule has 1 aliphatic rings. The smallest absolute Gasteiger partial charge is 0.239 e. The van der Waals surface area contributed by atoms with Crippen molar-refractivity contribution < 1.29 is 9.00 Å². The van der Waals surface area contributed by atoms with Crippen LogP contribution in [-0.2, 0) is 15.6 Å². The molecule has 1 rings (SSSR count). The summed E-state index contributed by atoms with van der Waals surface area (Å²) in [6, 6.07) is -0.0518. The van der Waals surface area contributed by atoms with Gasteiger partial charge in [0.1, 0.15) is 0 Å². The van der Waals surface area contributed by atoms with E-state index in [9.17, 15) is 9.00 Å². The second-order valence-electron chi connectivity index (χ2n) is 4.56. The molecule has 0 bridgehead atoms. The van der Waals surface area contributed by atoms with Crippen LogP contribution >= 0.6 is 0 Å². The number of rotatable bonds is 5. The topological polar surface area (TPSA) is 49.4 Å². The monoisotopic (exact) mass is 246 g/mol. The Morgan fingerprint density at radius 3 is 2.44 bits per heavy atom. The maximum Gasteiger partial charge on any atom is 0.239 e. The van der Waals surface area contributed by atoms with Gasteiger partial charge >= 0.3 is 0 Å². The minimum atomic E-state index is -0.815. The second kappa shape index (κ2) is 6.35. The minimum Gasteiger partial charge on any atom is -0.341 e. The molecule has 0 aromatic rings. The molecule has 1 aliphatic heterocycles. The van der Waals surface area contributed by atoms with Crippen LogP contribution in [0.15, 0.2) is 0 Å². The summed E-state index contributed by atoms with van der Waals surface area (Å²) in [5.41, 5.74) is 0. The SMILES string of the molecule is CC(CS(C)=O)NC(C)C(=O)N1CCCC1. The van der Waals surface area contributed by atoms with Crippen molar-refractivity contribution >= 4 is 16.7 Å². The predicted octanol–water partition coefficient (Wildman–Crippen LogP) is 0.354. The van der Waals surface area contributed by atoms with Gasteiger partial charge in [0.2, 0.25) is 5.91 Å². The molecule has 0 radical (unpaired) electrons. The molecule has 1 fully saturated rings. The highest BCUT2D eigenvalue weighted by Gasteiger charge is 2.23. The van der Waals surface area contributed by atoms with Gasteiger partial charge in [0, 0.05) is 41.9 Å². The summed E-state index contributed by atoms with van der Waals surface area (Å²) < 4.78 is 11.0. The van der Waals surface area contributed by atoms with Crippen molar-refractivity contribution in [3.63, 3.8) is 0 Å². The molecule has 16 heavy (non-hydrogen) atoms. The van der Waals surface area contributed by atoms with Crippen molar-refractivity contribution in [2.75, 3.05) is 25.1 Å². The Morgan fingerprint density at radius 1 is 1.38 bits per heavy atom. The first kappa shape index (κ1) is 13.6. The van der Waals surface area contributed by atoms with E-state index >= 15 is 0 Å². The Balaban J connectivity index is 2.35. The summed E-state index contributed by atoms with van der Waals surface area (Å²) in [6.45, 7) is 5.63. The van der Waals surface area contributed by atoms with E-state index in [-0.39, 0.29) is 18.0 Å². The Hall–Kier alpha value is -0.420. The van der Waals surface area contributed by atoms with Crippen molar-refractivity contribution in [1.82, 2.24) is 10.2 Å². The Labute approximate surface area is 100 Å². The van der Waals surface area contributed by atoms with Crippen LogP contribution in [0.1, 0.15) is 26.7 Å². The van der Waals surface area contributed by atoms with Gasteiger partial charge in [-0.1, -0.05) is 0 Å². The van der Waals surface area contributed by atoms with E-state index < -0.39 is 10.8 Å². The molecule has 0 aliphatic carbocycles. The summed E-state index contributed by atoms with van der Waals surface area (Å²) in [6.07, 6.45) is 3.92. The van der Waals surface area contributed by atoms with Crippen molar-refractivity contribution in [2.45, 2.75) is 38.8 Å². The molecular formula is C11H22N2O2S. The number of carbonyl (C=O) groups excluding carboxylic acids is 1. The van der Waals surface area contributed by atoms with Gasteiger partial charge in [-0.2, -0.15) is 0 Å². The number of amides is 1. The fourth-order valence-corrected chi connectivity index (χ4v) is 2.91. The van der Waals surface area contributed by atoms with Crippen molar-refractivity contribution in [3.05, 3.63) is 0 Å². The third-order valence-corrected chi connectivity index (χ3v) is 3.78. The molecule has 0 aromatic heterocycles. The first-order valence-electron chi connectivity index (χ1n) is 5.85. The average molecular weight is 246 g/mol. The fraction of sp³-hybridized carbons (Fsp3) is 0.909. The highest BCUT2D eigenvalue weighted by Crippen LogP contribution is 2.09. The van der Waals surface area contributed by atoms with Crippen LogP contribution in [0.2, 0.25) is 0 Å². The highest BCUT2D eigenvalue weighted by molar-refractivity contribution is 7.84. The fourth-order valence-electron chi connectivity index (χ4n) is 2.11. The zero-order chi connectivity index (χ0) is 12.1. The van der Waals surface area contributed by atoms with Gasteiger partial charge in [-0.15, -0.1) is 0 Å². The normalized spacial score (nSPS) is 21.8. The lowest BCUT2D eigenvalue weighted by Crippen LogP contribution is -2.48. The lowest BCUT2D eigenvalue weighted by molar-refractivity contribution is -0.132. The summed E-state index contributed by atoms with van der Waals surface area (Å²) in [4.78, 5) is 13.9. The van der Waals surface area contributed by atoms with Gasteiger partial charge in [-0.05, 0) is 26.7 Å². The molecule has 0 aromatic carbocycles. The summed E-state index contributed by atoms with van der Waals surface area (Å²) in [7, 11) is -0.815. The van der Waals surface area contributed by atoms with Crippen LogP contribution in [0.5, 0.6) is 0 Å². The third kappa shape index (κ3) is 4.22. The molecule has 1 saturated heterocycles.